The fraction of sp³-hybridized carbons (Fsp3) is 0.129. The number of hydrogen-bond donors (Lipinski definition) is 1. The van der Waals surface area contributed by atoms with E-state index >= 15 is 0 Å². The third kappa shape index (κ3) is 5.36. The van der Waals surface area contributed by atoms with Crippen LogP contribution >= 0.6 is 0 Å². The van der Waals surface area contributed by atoms with Crippen molar-refractivity contribution >= 4 is 17.4 Å². The highest BCUT2D eigenvalue weighted by Gasteiger charge is 2.46. The Balaban J connectivity index is 1.53. The van der Waals surface area contributed by atoms with E-state index in [1.807, 2.05) is 30.3 Å². The van der Waals surface area contributed by atoms with Crippen LogP contribution in [0.3, 0.4) is 0 Å². The highest BCUT2D eigenvalue weighted by atomic mass is 19.1. The molecule has 3 aromatic carbocycles. The minimum atomic E-state index is -0.918. The highest BCUT2D eigenvalue weighted by Crippen LogP contribution is 2.41. The number of benzene rings is 3. The second kappa shape index (κ2) is 11.2. The summed E-state index contributed by atoms with van der Waals surface area (Å²) in [4.78, 5) is 32.0. The summed E-state index contributed by atoms with van der Waals surface area (Å²) in [7, 11) is 1.33. The third-order valence-electron chi connectivity index (χ3n) is 6.49. The SMILES string of the molecule is COc1ccc(C(O)=C2C(=O)C(=O)N(Cc3cccnc3)[C@H]2c2ccc(OCc3ccccc3)cc2)cc1F. The largest absolute Gasteiger partial charge is 0.507 e. The van der Waals surface area contributed by atoms with E-state index in [1.54, 1.807) is 48.8 Å². The molecule has 1 aromatic heterocycles. The van der Waals surface area contributed by atoms with Crippen LogP contribution in [0.1, 0.15) is 28.3 Å². The molecule has 1 N–H and O–H groups in total. The average molecular weight is 525 g/mol. The van der Waals surface area contributed by atoms with Crippen LogP contribution in [0.2, 0.25) is 0 Å². The molecule has 0 bridgehead atoms. The normalized spacial score (nSPS) is 16.4. The van der Waals surface area contributed by atoms with Gasteiger partial charge in [-0.1, -0.05) is 48.5 Å². The minimum Gasteiger partial charge on any atom is -0.507 e. The van der Waals surface area contributed by atoms with Crippen LogP contribution in [0.5, 0.6) is 11.5 Å². The maximum atomic E-state index is 14.5. The number of ketones is 1. The van der Waals surface area contributed by atoms with Crippen LogP contribution in [0.15, 0.2) is 103 Å². The molecule has 1 atom stereocenters. The molecule has 8 heteroatoms. The molecule has 39 heavy (non-hydrogen) atoms. The molecule has 5 rings (SSSR count). The molecule has 0 unspecified atom stereocenters. The summed E-state index contributed by atoms with van der Waals surface area (Å²) in [5.74, 6) is -2.22. The van der Waals surface area contributed by atoms with Crippen LogP contribution in [0.25, 0.3) is 5.76 Å². The molecule has 4 aromatic rings. The Morgan fingerprint density at radius 1 is 0.974 bits per heavy atom. The van der Waals surface area contributed by atoms with Gasteiger partial charge < -0.3 is 19.5 Å². The second-order valence-corrected chi connectivity index (χ2v) is 8.98. The van der Waals surface area contributed by atoms with Gasteiger partial charge in [-0.15, -0.1) is 0 Å². The van der Waals surface area contributed by atoms with E-state index < -0.39 is 29.3 Å². The molecular weight excluding hydrogens is 499 g/mol. The van der Waals surface area contributed by atoms with E-state index in [0.717, 1.165) is 11.6 Å². The number of carbonyl (C=O) groups is 2. The maximum absolute atomic E-state index is 14.5. The van der Waals surface area contributed by atoms with Crippen molar-refractivity contribution in [3.05, 3.63) is 131 Å². The van der Waals surface area contributed by atoms with Crippen molar-refractivity contribution in [1.29, 1.82) is 0 Å². The van der Waals surface area contributed by atoms with Crippen molar-refractivity contribution < 1.29 is 28.6 Å². The van der Waals surface area contributed by atoms with Crippen molar-refractivity contribution in [2.75, 3.05) is 7.11 Å². The predicted octanol–water partition coefficient (Wildman–Crippen LogP) is 5.43. The molecule has 1 fully saturated rings. The number of halogens is 1. The van der Waals surface area contributed by atoms with Crippen molar-refractivity contribution in [2.45, 2.75) is 19.2 Å². The van der Waals surface area contributed by atoms with Crippen LogP contribution in [-0.2, 0) is 22.7 Å². The van der Waals surface area contributed by atoms with E-state index in [0.29, 0.717) is 23.5 Å². The van der Waals surface area contributed by atoms with Crippen LogP contribution in [0, 0.1) is 5.82 Å². The smallest absolute Gasteiger partial charge is 0.295 e. The number of likely N-dealkylation sites (tertiary alicyclic amines) is 1. The van der Waals surface area contributed by atoms with E-state index in [2.05, 4.69) is 4.98 Å². The number of rotatable bonds is 8. The standard InChI is InChI=1S/C31H25FN2O5/c1-38-26-14-11-23(16-25(26)32)29(35)27-28(34(31(37)30(27)36)18-21-8-5-15-33-17-21)22-9-12-24(13-10-22)39-19-20-6-3-2-4-7-20/h2-17,28,35H,18-19H2,1H3/t28-/m0/s1. The van der Waals surface area contributed by atoms with Gasteiger partial charge in [0, 0.05) is 24.5 Å². The number of ether oxygens (including phenoxy) is 2. The van der Waals surface area contributed by atoms with E-state index in [9.17, 15) is 19.1 Å². The second-order valence-electron chi connectivity index (χ2n) is 8.98. The number of aromatic nitrogens is 1. The molecule has 1 saturated heterocycles. The lowest BCUT2D eigenvalue weighted by atomic mass is 9.95. The van der Waals surface area contributed by atoms with Gasteiger partial charge in [-0.3, -0.25) is 14.6 Å². The number of aliphatic hydroxyl groups excluding tert-OH is 1. The van der Waals surface area contributed by atoms with Gasteiger partial charge in [-0.2, -0.15) is 0 Å². The topological polar surface area (TPSA) is 89.0 Å². The number of Topliss-reactive ketones (excluding diaryl/α,β-unsaturated/α-hetero) is 1. The summed E-state index contributed by atoms with van der Waals surface area (Å²) in [5, 5.41) is 11.2. The van der Waals surface area contributed by atoms with Crippen molar-refractivity contribution in [3.8, 4) is 11.5 Å². The summed E-state index contributed by atoms with van der Waals surface area (Å²) >= 11 is 0. The third-order valence-corrected chi connectivity index (χ3v) is 6.49. The fourth-order valence-corrected chi connectivity index (χ4v) is 4.53. The average Bonchev–Trinajstić information content (AvgIpc) is 3.22. The molecule has 1 amide bonds. The molecule has 1 aliphatic heterocycles. The van der Waals surface area contributed by atoms with E-state index in [-0.39, 0.29) is 23.4 Å². The molecule has 0 radical (unpaired) electrons. The van der Waals surface area contributed by atoms with Crippen molar-refractivity contribution in [2.24, 2.45) is 0 Å². The van der Waals surface area contributed by atoms with Crippen molar-refractivity contribution in [3.63, 3.8) is 0 Å². The zero-order valence-corrected chi connectivity index (χ0v) is 21.1. The molecule has 1 aliphatic rings. The fourth-order valence-electron chi connectivity index (χ4n) is 4.53. The molecule has 196 valence electrons. The molecule has 2 heterocycles. The van der Waals surface area contributed by atoms with Gasteiger partial charge in [0.2, 0.25) is 0 Å². The Labute approximate surface area is 224 Å². The van der Waals surface area contributed by atoms with Gasteiger partial charge in [0.05, 0.1) is 18.7 Å². The lowest BCUT2D eigenvalue weighted by Crippen LogP contribution is -2.29. The maximum Gasteiger partial charge on any atom is 0.295 e. The highest BCUT2D eigenvalue weighted by molar-refractivity contribution is 6.46. The number of methoxy groups -OCH3 is 1. The number of hydrogen-bond acceptors (Lipinski definition) is 6. The van der Waals surface area contributed by atoms with Gasteiger partial charge in [0.1, 0.15) is 18.1 Å². The molecular formula is C31H25FN2O5. The summed E-state index contributed by atoms with van der Waals surface area (Å²) in [6.45, 7) is 0.464. The Morgan fingerprint density at radius 2 is 1.72 bits per heavy atom. The van der Waals surface area contributed by atoms with E-state index in [4.69, 9.17) is 9.47 Å². The monoisotopic (exact) mass is 524 g/mol. The predicted molar refractivity (Wildman–Crippen MR) is 142 cm³/mol. The van der Waals surface area contributed by atoms with Crippen LogP contribution < -0.4 is 9.47 Å². The molecule has 7 nitrogen and oxygen atoms in total. The lowest BCUT2D eigenvalue weighted by molar-refractivity contribution is -0.140. The zero-order chi connectivity index (χ0) is 27.4. The van der Waals surface area contributed by atoms with Gasteiger partial charge in [-0.25, -0.2) is 4.39 Å². The Morgan fingerprint density at radius 3 is 2.38 bits per heavy atom. The summed E-state index contributed by atoms with van der Waals surface area (Å²) in [5.41, 5.74) is 2.23. The van der Waals surface area contributed by atoms with Crippen molar-refractivity contribution in [1.82, 2.24) is 9.88 Å². The summed E-state index contributed by atoms with van der Waals surface area (Å²) in [6.07, 6.45) is 3.22. The van der Waals surface area contributed by atoms with Gasteiger partial charge >= 0.3 is 0 Å². The van der Waals surface area contributed by atoms with Gasteiger partial charge in [-0.05, 0) is 53.1 Å². The Bertz CT molecular complexity index is 1520. The number of carbonyl (C=O) groups excluding carboxylic acids is 2. The zero-order valence-electron chi connectivity index (χ0n) is 21.1. The van der Waals surface area contributed by atoms with E-state index in [1.165, 1.54) is 24.1 Å². The number of pyridine rings is 1. The Kier molecular flexibility index (Phi) is 7.36. The first-order valence-electron chi connectivity index (χ1n) is 12.2. The minimum absolute atomic E-state index is 0.00813. The van der Waals surface area contributed by atoms with Gasteiger partial charge in [0.15, 0.2) is 11.6 Å². The summed E-state index contributed by atoms with van der Waals surface area (Å²) in [6, 6.07) is 23.2. The van der Waals surface area contributed by atoms with Crippen LogP contribution in [-0.4, -0.2) is 33.8 Å². The first-order chi connectivity index (χ1) is 19.0. The first kappa shape index (κ1) is 25.7. The summed E-state index contributed by atoms with van der Waals surface area (Å²) < 4.78 is 25.3. The van der Waals surface area contributed by atoms with Crippen LogP contribution in [0.4, 0.5) is 4.39 Å². The first-order valence-corrected chi connectivity index (χ1v) is 12.2. The Hall–Kier alpha value is -4.98. The number of nitrogens with zero attached hydrogens (tertiary/aromatic N) is 2. The quantitative estimate of drug-likeness (QED) is 0.188. The molecule has 0 spiro atoms. The number of amides is 1. The molecule has 0 aliphatic carbocycles. The molecule has 0 saturated carbocycles. The lowest BCUT2D eigenvalue weighted by Gasteiger charge is -2.25. The van der Waals surface area contributed by atoms with Gasteiger partial charge in [0.25, 0.3) is 11.7 Å². The number of aliphatic hydroxyl groups is 1.